The maximum atomic E-state index is 12.3. The number of hydrogen-bond acceptors (Lipinski definition) is 3. The number of carbonyl (C=O) groups is 1. The third kappa shape index (κ3) is 3.61. The number of ether oxygens (including phenoxy) is 2. The standard InChI is InChI=1S/C17H17NO3/c1-12-9-14(20-10-15-11-21-15)7-8-16(12)17(19)18-13-5-3-2-4-6-13/h2-9,15H,10-11H2,1H3,(H,18,19). The van der Waals surface area contributed by atoms with E-state index in [1.807, 2.05) is 49.4 Å². The number of epoxide rings is 1. The third-order valence-electron chi connectivity index (χ3n) is 3.31. The van der Waals surface area contributed by atoms with Gasteiger partial charge in [-0.3, -0.25) is 4.79 Å². The van der Waals surface area contributed by atoms with Crippen molar-refractivity contribution < 1.29 is 14.3 Å². The molecule has 0 aromatic heterocycles. The van der Waals surface area contributed by atoms with Gasteiger partial charge in [-0.25, -0.2) is 0 Å². The fraction of sp³-hybridized carbons (Fsp3) is 0.235. The van der Waals surface area contributed by atoms with Crippen LogP contribution in [0.15, 0.2) is 48.5 Å². The monoisotopic (exact) mass is 283 g/mol. The van der Waals surface area contributed by atoms with Crippen LogP contribution in [0.5, 0.6) is 5.75 Å². The van der Waals surface area contributed by atoms with Gasteiger partial charge in [0.2, 0.25) is 0 Å². The molecule has 108 valence electrons. The first-order chi connectivity index (χ1) is 10.2. The molecule has 4 nitrogen and oxygen atoms in total. The zero-order valence-corrected chi connectivity index (χ0v) is 11.8. The predicted molar refractivity (Wildman–Crippen MR) is 80.8 cm³/mol. The van der Waals surface area contributed by atoms with Crippen LogP contribution in [0.25, 0.3) is 0 Å². The molecule has 1 amide bonds. The average Bonchev–Trinajstić information content (AvgIpc) is 3.30. The Bertz CT molecular complexity index is 636. The van der Waals surface area contributed by atoms with Crippen LogP contribution < -0.4 is 10.1 Å². The highest BCUT2D eigenvalue weighted by atomic mass is 16.6. The molecule has 21 heavy (non-hydrogen) atoms. The highest BCUT2D eigenvalue weighted by Crippen LogP contribution is 2.20. The van der Waals surface area contributed by atoms with E-state index in [9.17, 15) is 4.79 Å². The highest BCUT2D eigenvalue weighted by molar-refractivity contribution is 6.05. The second-order valence-electron chi connectivity index (χ2n) is 5.06. The maximum absolute atomic E-state index is 12.3. The quantitative estimate of drug-likeness (QED) is 0.858. The van der Waals surface area contributed by atoms with E-state index < -0.39 is 0 Å². The first kappa shape index (κ1) is 13.6. The molecule has 2 aromatic rings. The molecule has 1 saturated heterocycles. The summed E-state index contributed by atoms with van der Waals surface area (Å²) < 4.78 is 10.7. The summed E-state index contributed by atoms with van der Waals surface area (Å²) in [5.41, 5.74) is 2.32. The smallest absolute Gasteiger partial charge is 0.255 e. The first-order valence-electron chi connectivity index (χ1n) is 6.94. The average molecular weight is 283 g/mol. The van der Waals surface area contributed by atoms with Crippen LogP contribution in [0.1, 0.15) is 15.9 Å². The number of nitrogens with one attached hydrogen (secondary N) is 1. The van der Waals surface area contributed by atoms with Gasteiger partial charge in [0.25, 0.3) is 5.91 Å². The molecule has 0 saturated carbocycles. The summed E-state index contributed by atoms with van der Waals surface area (Å²) in [6.45, 7) is 3.24. The number of rotatable bonds is 5. The Hall–Kier alpha value is -2.33. The van der Waals surface area contributed by atoms with E-state index in [1.165, 1.54) is 0 Å². The lowest BCUT2D eigenvalue weighted by molar-refractivity contribution is 0.102. The molecule has 0 radical (unpaired) electrons. The summed E-state index contributed by atoms with van der Waals surface area (Å²) in [5.74, 6) is 0.648. The SMILES string of the molecule is Cc1cc(OCC2CO2)ccc1C(=O)Nc1ccccc1. The van der Waals surface area contributed by atoms with Gasteiger partial charge in [0.15, 0.2) is 0 Å². The Balaban J connectivity index is 1.67. The lowest BCUT2D eigenvalue weighted by atomic mass is 10.1. The van der Waals surface area contributed by atoms with Crippen molar-refractivity contribution in [3.05, 3.63) is 59.7 Å². The molecule has 1 aliphatic rings. The minimum absolute atomic E-state index is 0.115. The zero-order valence-electron chi connectivity index (χ0n) is 11.8. The van der Waals surface area contributed by atoms with Gasteiger partial charge in [0.05, 0.1) is 6.61 Å². The second kappa shape index (κ2) is 5.97. The number of aryl methyl sites for hydroxylation is 1. The summed E-state index contributed by atoms with van der Waals surface area (Å²) in [7, 11) is 0. The second-order valence-corrected chi connectivity index (χ2v) is 5.06. The van der Waals surface area contributed by atoms with Crippen LogP contribution in [-0.2, 0) is 4.74 Å². The molecule has 4 heteroatoms. The van der Waals surface area contributed by atoms with Gasteiger partial charge in [-0.05, 0) is 42.8 Å². The van der Waals surface area contributed by atoms with Crippen molar-refractivity contribution in [3.8, 4) is 5.75 Å². The van der Waals surface area contributed by atoms with Crippen molar-refractivity contribution in [2.24, 2.45) is 0 Å². The molecule has 1 heterocycles. The van der Waals surface area contributed by atoms with Gasteiger partial charge in [-0.1, -0.05) is 18.2 Å². The van der Waals surface area contributed by atoms with Gasteiger partial charge in [0.1, 0.15) is 18.5 Å². The maximum Gasteiger partial charge on any atom is 0.255 e. The van der Waals surface area contributed by atoms with Crippen molar-refractivity contribution in [1.29, 1.82) is 0 Å². The molecule has 2 aromatic carbocycles. The molecule has 0 aliphatic carbocycles. The number of carbonyl (C=O) groups excluding carboxylic acids is 1. The van der Waals surface area contributed by atoms with Crippen molar-refractivity contribution in [2.45, 2.75) is 13.0 Å². The van der Waals surface area contributed by atoms with E-state index in [-0.39, 0.29) is 12.0 Å². The van der Waals surface area contributed by atoms with Crippen LogP contribution >= 0.6 is 0 Å². The van der Waals surface area contributed by atoms with E-state index in [4.69, 9.17) is 9.47 Å². The molecule has 3 rings (SSSR count). The van der Waals surface area contributed by atoms with Gasteiger partial charge < -0.3 is 14.8 Å². The molecule has 1 N–H and O–H groups in total. The molecular formula is C17H17NO3. The van der Waals surface area contributed by atoms with Crippen LogP contribution in [0.2, 0.25) is 0 Å². The Kier molecular flexibility index (Phi) is 3.88. The number of anilines is 1. The number of hydrogen-bond donors (Lipinski definition) is 1. The minimum atomic E-state index is -0.115. The van der Waals surface area contributed by atoms with Crippen molar-refractivity contribution >= 4 is 11.6 Å². The van der Waals surface area contributed by atoms with Crippen LogP contribution in [0.3, 0.4) is 0 Å². The summed E-state index contributed by atoms with van der Waals surface area (Å²) in [6, 6.07) is 14.9. The van der Waals surface area contributed by atoms with Crippen molar-refractivity contribution in [1.82, 2.24) is 0 Å². The molecule has 0 bridgehead atoms. The van der Waals surface area contributed by atoms with E-state index in [0.29, 0.717) is 12.2 Å². The molecule has 1 aliphatic heterocycles. The summed E-state index contributed by atoms with van der Waals surface area (Å²) >= 11 is 0. The largest absolute Gasteiger partial charge is 0.491 e. The van der Waals surface area contributed by atoms with E-state index >= 15 is 0 Å². The molecule has 0 spiro atoms. The topological polar surface area (TPSA) is 50.9 Å². The van der Waals surface area contributed by atoms with E-state index in [2.05, 4.69) is 5.32 Å². The van der Waals surface area contributed by atoms with Crippen LogP contribution in [-0.4, -0.2) is 25.2 Å². The predicted octanol–water partition coefficient (Wildman–Crippen LogP) is 3.02. The van der Waals surface area contributed by atoms with Gasteiger partial charge >= 0.3 is 0 Å². The first-order valence-corrected chi connectivity index (χ1v) is 6.94. The Morgan fingerprint density at radius 1 is 1.29 bits per heavy atom. The summed E-state index contributed by atoms with van der Waals surface area (Å²) in [5, 5.41) is 2.88. The summed E-state index contributed by atoms with van der Waals surface area (Å²) in [6.07, 6.45) is 0.228. The van der Waals surface area contributed by atoms with Crippen molar-refractivity contribution in [3.63, 3.8) is 0 Å². The van der Waals surface area contributed by atoms with Gasteiger partial charge in [0, 0.05) is 11.3 Å². The molecular weight excluding hydrogens is 266 g/mol. The van der Waals surface area contributed by atoms with Crippen LogP contribution in [0.4, 0.5) is 5.69 Å². The van der Waals surface area contributed by atoms with Gasteiger partial charge in [-0.2, -0.15) is 0 Å². The molecule has 1 fully saturated rings. The van der Waals surface area contributed by atoms with Gasteiger partial charge in [-0.15, -0.1) is 0 Å². The Morgan fingerprint density at radius 2 is 2.05 bits per heavy atom. The number of para-hydroxylation sites is 1. The fourth-order valence-corrected chi connectivity index (χ4v) is 2.05. The normalized spacial score (nSPS) is 16.3. The molecule has 1 unspecified atom stereocenters. The lowest BCUT2D eigenvalue weighted by Crippen LogP contribution is -2.13. The van der Waals surface area contributed by atoms with E-state index in [1.54, 1.807) is 6.07 Å². The molecule has 1 atom stereocenters. The highest BCUT2D eigenvalue weighted by Gasteiger charge is 2.23. The Labute approximate surface area is 123 Å². The number of benzene rings is 2. The third-order valence-corrected chi connectivity index (χ3v) is 3.31. The summed E-state index contributed by atoms with van der Waals surface area (Å²) in [4.78, 5) is 12.3. The Morgan fingerprint density at radius 3 is 2.71 bits per heavy atom. The zero-order chi connectivity index (χ0) is 14.7. The van der Waals surface area contributed by atoms with Crippen molar-refractivity contribution in [2.75, 3.05) is 18.5 Å². The lowest BCUT2D eigenvalue weighted by Gasteiger charge is -2.10. The van der Waals surface area contributed by atoms with E-state index in [0.717, 1.165) is 23.6 Å². The van der Waals surface area contributed by atoms with Crippen LogP contribution in [0, 0.1) is 6.92 Å². The fourth-order valence-electron chi connectivity index (χ4n) is 2.05. The minimum Gasteiger partial charge on any atom is -0.491 e. The number of amides is 1.